The zero-order valence-electron chi connectivity index (χ0n) is 11.9. The molecule has 1 aliphatic rings. The topological polar surface area (TPSA) is 33.2 Å². The SMILES string of the molecule is O=C1/C(=C/c2ccccn2)SC(=S)N1c1cccc(C(F)(F)F)c1. The van der Waals surface area contributed by atoms with Gasteiger partial charge in [-0.2, -0.15) is 13.2 Å². The van der Waals surface area contributed by atoms with Crippen molar-refractivity contribution in [1.82, 2.24) is 4.98 Å². The second kappa shape index (κ2) is 6.37. The zero-order valence-corrected chi connectivity index (χ0v) is 13.6. The highest BCUT2D eigenvalue weighted by Gasteiger charge is 2.36. The summed E-state index contributed by atoms with van der Waals surface area (Å²) in [4.78, 5) is 18.0. The Balaban J connectivity index is 1.94. The number of benzene rings is 1. The maximum atomic E-state index is 12.9. The van der Waals surface area contributed by atoms with Crippen LogP contribution in [0.4, 0.5) is 18.9 Å². The predicted molar refractivity (Wildman–Crippen MR) is 91.3 cm³/mol. The van der Waals surface area contributed by atoms with Gasteiger partial charge in [0.15, 0.2) is 4.32 Å². The van der Waals surface area contributed by atoms with E-state index in [4.69, 9.17) is 12.2 Å². The number of hydrogen-bond acceptors (Lipinski definition) is 4. The van der Waals surface area contributed by atoms with Crippen LogP contribution in [0.3, 0.4) is 0 Å². The van der Waals surface area contributed by atoms with Gasteiger partial charge in [0.2, 0.25) is 0 Å². The minimum Gasteiger partial charge on any atom is -0.268 e. The van der Waals surface area contributed by atoms with Crippen LogP contribution in [0.2, 0.25) is 0 Å². The van der Waals surface area contributed by atoms with Crippen LogP contribution in [-0.2, 0) is 11.0 Å². The number of rotatable bonds is 2. The van der Waals surface area contributed by atoms with E-state index in [1.54, 1.807) is 30.5 Å². The Kier molecular flexibility index (Phi) is 4.42. The maximum absolute atomic E-state index is 12.9. The summed E-state index contributed by atoms with van der Waals surface area (Å²) >= 11 is 6.19. The molecule has 1 saturated heterocycles. The minimum absolute atomic E-state index is 0.0942. The molecule has 8 heteroatoms. The van der Waals surface area contributed by atoms with E-state index < -0.39 is 17.6 Å². The van der Waals surface area contributed by atoms with Crippen molar-refractivity contribution in [2.24, 2.45) is 0 Å². The fraction of sp³-hybridized carbons (Fsp3) is 0.0625. The van der Waals surface area contributed by atoms with Gasteiger partial charge in [0.05, 0.1) is 21.8 Å². The summed E-state index contributed by atoms with van der Waals surface area (Å²) in [5, 5.41) is 0. The van der Waals surface area contributed by atoms with Crippen LogP contribution in [0.25, 0.3) is 6.08 Å². The summed E-state index contributed by atoms with van der Waals surface area (Å²) in [7, 11) is 0. The second-order valence-corrected chi connectivity index (χ2v) is 6.50. The first-order valence-electron chi connectivity index (χ1n) is 6.72. The number of anilines is 1. The third kappa shape index (κ3) is 3.34. The molecule has 0 radical (unpaired) electrons. The molecule has 1 aromatic carbocycles. The van der Waals surface area contributed by atoms with Crippen molar-refractivity contribution in [2.75, 3.05) is 4.90 Å². The van der Waals surface area contributed by atoms with E-state index in [1.807, 2.05) is 0 Å². The highest BCUT2D eigenvalue weighted by molar-refractivity contribution is 8.27. The molecule has 0 atom stereocenters. The molecule has 2 heterocycles. The smallest absolute Gasteiger partial charge is 0.268 e. The molecule has 0 bridgehead atoms. The monoisotopic (exact) mass is 366 g/mol. The van der Waals surface area contributed by atoms with Crippen LogP contribution >= 0.6 is 24.0 Å². The summed E-state index contributed by atoms with van der Waals surface area (Å²) in [5.41, 5.74) is -0.165. The normalized spacial score (nSPS) is 17.0. The van der Waals surface area contributed by atoms with Crippen LogP contribution < -0.4 is 4.90 Å². The summed E-state index contributed by atoms with van der Waals surface area (Å²) in [6, 6.07) is 9.76. The Morgan fingerprint density at radius 1 is 1.17 bits per heavy atom. The van der Waals surface area contributed by atoms with Crippen LogP contribution in [-0.4, -0.2) is 15.2 Å². The molecule has 1 fully saturated rings. The van der Waals surface area contributed by atoms with E-state index in [9.17, 15) is 18.0 Å². The molecule has 0 unspecified atom stereocenters. The Morgan fingerprint density at radius 3 is 2.62 bits per heavy atom. The average molecular weight is 366 g/mol. The Bertz CT molecular complexity index is 835. The summed E-state index contributed by atoms with van der Waals surface area (Å²) in [6.07, 6.45) is -1.34. The van der Waals surface area contributed by atoms with Gasteiger partial charge in [-0.3, -0.25) is 14.7 Å². The predicted octanol–water partition coefficient (Wildman–Crippen LogP) is 4.51. The Hall–Kier alpha value is -2.19. The summed E-state index contributed by atoms with van der Waals surface area (Å²) < 4.78 is 38.7. The van der Waals surface area contributed by atoms with Gasteiger partial charge in [-0.15, -0.1) is 0 Å². The van der Waals surface area contributed by atoms with Crippen LogP contribution in [0, 0.1) is 0 Å². The maximum Gasteiger partial charge on any atom is 0.416 e. The highest BCUT2D eigenvalue weighted by atomic mass is 32.2. The van der Waals surface area contributed by atoms with Crippen molar-refractivity contribution in [1.29, 1.82) is 0 Å². The number of alkyl halides is 3. The summed E-state index contributed by atoms with van der Waals surface area (Å²) in [5.74, 6) is -0.463. The van der Waals surface area contributed by atoms with Gasteiger partial charge in [0.1, 0.15) is 0 Å². The standard InChI is InChI=1S/C16H9F3N2OS2/c17-16(18,19)10-4-3-6-12(8-10)21-14(22)13(24-15(21)23)9-11-5-1-2-7-20-11/h1-9H/b13-9-. The molecule has 0 N–H and O–H groups in total. The number of amides is 1. The molecule has 24 heavy (non-hydrogen) atoms. The second-order valence-electron chi connectivity index (χ2n) is 4.82. The van der Waals surface area contributed by atoms with Crippen molar-refractivity contribution < 1.29 is 18.0 Å². The molecule has 3 rings (SSSR count). The zero-order chi connectivity index (χ0) is 17.3. The van der Waals surface area contributed by atoms with E-state index in [0.717, 1.165) is 28.8 Å². The number of carbonyl (C=O) groups is 1. The van der Waals surface area contributed by atoms with Crippen molar-refractivity contribution in [3.05, 3.63) is 64.8 Å². The number of thioether (sulfide) groups is 1. The first kappa shape index (κ1) is 16.7. The number of carbonyl (C=O) groups excluding carboxylic acids is 1. The Labute approximate surface area is 145 Å². The minimum atomic E-state index is -4.49. The van der Waals surface area contributed by atoms with E-state index in [-0.39, 0.29) is 10.0 Å². The number of pyridine rings is 1. The lowest BCUT2D eigenvalue weighted by atomic mass is 10.2. The van der Waals surface area contributed by atoms with Crippen molar-refractivity contribution in [3.63, 3.8) is 0 Å². The van der Waals surface area contributed by atoms with Gasteiger partial charge in [0.25, 0.3) is 5.91 Å². The largest absolute Gasteiger partial charge is 0.416 e. The number of nitrogens with zero attached hydrogens (tertiary/aromatic N) is 2. The number of hydrogen-bond donors (Lipinski definition) is 0. The fourth-order valence-corrected chi connectivity index (χ4v) is 3.39. The van der Waals surface area contributed by atoms with Crippen molar-refractivity contribution in [3.8, 4) is 0 Å². The lowest BCUT2D eigenvalue weighted by Gasteiger charge is -2.16. The molecule has 1 amide bonds. The third-order valence-corrected chi connectivity index (χ3v) is 4.49. The molecule has 0 spiro atoms. The molecular weight excluding hydrogens is 357 g/mol. The van der Waals surface area contributed by atoms with Crippen LogP contribution in [0.1, 0.15) is 11.3 Å². The molecule has 0 saturated carbocycles. The third-order valence-electron chi connectivity index (χ3n) is 3.19. The molecule has 1 aromatic heterocycles. The number of thiocarbonyl (C=S) groups is 1. The van der Waals surface area contributed by atoms with E-state index in [2.05, 4.69) is 4.98 Å². The first-order valence-corrected chi connectivity index (χ1v) is 7.95. The summed E-state index contributed by atoms with van der Waals surface area (Å²) in [6.45, 7) is 0. The van der Waals surface area contributed by atoms with E-state index in [1.165, 1.54) is 12.1 Å². The molecular formula is C16H9F3N2OS2. The number of halogens is 3. The van der Waals surface area contributed by atoms with E-state index >= 15 is 0 Å². The van der Waals surface area contributed by atoms with E-state index in [0.29, 0.717) is 10.6 Å². The molecule has 0 aliphatic carbocycles. The Morgan fingerprint density at radius 2 is 1.96 bits per heavy atom. The molecule has 2 aromatic rings. The van der Waals surface area contributed by atoms with Crippen molar-refractivity contribution >= 4 is 46.0 Å². The lowest BCUT2D eigenvalue weighted by Crippen LogP contribution is -2.27. The van der Waals surface area contributed by atoms with Crippen LogP contribution in [0.15, 0.2) is 53.6 Å². The van der Waals surface area contributed by atoms with Gasteiger partial charge in [-0.1, -0.05) is 36.1 Å². The molecule has 122 valence electrons. The number of aromatic nitrogens is 1. The van der Waals surface area contributed by atoms with Gasteiger partial charge >= 0.3 is 6.18 Å². The van der Waals surface area contributed by atoms with Crippen molar-refractivity contribution in [2.45, 2.75) is 6.18 Å². The first-order chi connectivity index (χ1) is 11.4. The lowest BCUT2D eigenvalue weighted by molar-refractivity contribution is -0.137. The molecule has 1 aliphatic heterocycles. The van der Waals surface area contributed by atoms with Gasteiger partial charge in [-0.05, 0) is 36.4 Å². The quantitative estimate of drug-likeness (QED) is 0.579. The molecule has 3 nitrogen and oxygen atoms in total. The highest BCUT2D eigenvalue weighted by Crippen LogP contribution is 2.38. The average Bonchev–Trinajstić information content (AvgIpc) is 2.82. The van der Waals surface area contributed by atoms with Gasteiger partial charge in [0, 0.05) is 6.20 Å². The van der Waals surface area contributed by atoms with Gasteiger partial charge < -0.3 is 0 Å². The van der Waals surface area contributed by atoms with Crippen LogP contribution in [0.5, 0.6) is 0 Å². The fourth-order valence-electron chi connectivity index (χ4n) is 2.11. The van der Waals surface area contributed by atoms with Gasteiger partial charge in [-0.25, -0.2) is 0 Å².